The number of carbonyl (C=O) groups excluding carboxylic acids is 1. The molecule has 0 saturated heterocycles. The molecule has 0 bridgehead atoms. The van der Waals surface area contributed by atoms with Gasteiger partial charge in [-0.1, -0.05) is 20.8 Å². The van der Waals surface area contributed by atoms with Crippen LogP contribution < -0.4 is 0 Å². The number of hydrogen-bond acceptors (Lipinski definition) is 3. The van der Waals surface area contributed by atoms with Crippen molar-refractivity contribution in [2.75, 3.05) is 14.2 Å². The van der Waals surface area contributed by atoms with Gasteiger partial charge in [0.05, 0.1) is 0 Å². The molecule has 1 rings (SSSR count). The Morgan fingerprint density at radius 2 is 1.73 bits per heavy atom. The summed E-state index contributed by atoms with van der Waals surface area (Å²) in [6.45, 7) is 5.98. The number of ketones is 1. The monoisotopic (exact) mass is 210 g/mol. The molecule has 15 heavy (non-hydrogen) atoms. The highest BCUT2D eigenvalue weighted by molar-refractivity contribution is 6.06. The summed E-state index contributed by atoms with van der Waals surface area (Å²) < 4.78 is 10.5. The Labute approximate surface area is 90.8 Å². The predicted octanol–water partition coefficient (Wildman–Crippen LogP) is 2.09. The van der Waals surface area contributed by atoms with E-state index in [9.17, 15) is 4.79 Å². The number of allylic oxidation sites excluding steroid dienone is 2. The Kier molecular flexibility index (Phi) is 3.16. The summed E-state index contributed by atoms with van der Waals surface area (Å²) in [5, 5.41) is 0. The van der Waals surface area contributed by atoms with Crippen molar-refractivity contribution >= 4 is 5.78 Å². The van der Waals surface area contributed by atoms with Crippen LogP contribution in [0.5, 0.6) is 0 Å². The van der Waals surface area contributed by atoms with E-state index in [1.54, 1.807) is 26.4 Å². The van der Waals surface area contributed by atoms with Crippen LogP contribution in [0.3, 0.4) is 0 Å². The van der Waals surface area contributed by atoms with Crippen LogP contribution in [0.4, 0.5) is 0 Å². The van der Waals surface area contributed by atoms with Crippen molar-refractivity contribution in [2.45, 2.75) is 26.6 Å². The van der Waals surface area contributed by atoms with Gasteiger partial charge in [0.2, 0.25) is 5.79 Å². The first kappa shape index (κ1) is 12.1. The first-order valence-electron chi connectivity index (χ1n) is 4.92. The Morgan fingerprint density at radius 1 is 1.20 bits per heavy atom. The molecule has 0 atom stereocenters. The molecule has 0 fully saturated rings. The van der Waals surface area contributed by atoms with E-state index in [1.807, 2.05) is 20.8 Å². The first-order chi connectivity index (χ1) is 6.84. The van der Waals surface area contributed by atoms with E-state index in [-0.39, 0.29) is 11.2 Å². The van der Waals surface area contributed by atoms with Crippen LogP contribution in [-0.4, -0.2) is 25.8 Å². The molecule has 0 aromatic rings. The van der Waals surface area contributed by atoms with Crippen LogP contribution in [0.1, 0.15) is 20.8 Å². The largest absolute Gasteiger partial charge is 0.346 e. The van der Waals surface area contributed by atoms with E-state index in [0.29, 0.717) is 5.57 Å². The lowest BCUT2D eigenvalue weighted by Crippen LogP contribution is -2.34. The molecule has 84 valence electrons. The zero-order chi connectivity index (χ0) is 11.7. The highest BCUT2D eigenvalue weighted by Crippen LogP contribution is 2.33. The maximum Gasteiger partial charge on any atom is 0.208 e. The van der Waals surface area contributed by atoms with Gasteiger partial charge in [-0.3, -0.25) is 4.79 Å². The summed E-state index contributed by atoms with van der Waals surface area (Å²) in [5.41, 5.74) is 0.512. The maximum absolute atomic E-state index is 11.7. The predicted molar refractivity (Wildman–Crippen MR) is 58.4 cm³/mol. The molecule has 0 unspecified atom stereocenters. The number of hydrogen-bond donors (Lipinski definition) is 0. The normalized spacial score (nSPS) is 20.3. The molecule has 1 aliphatic carbocycles. The fraction of sp³-hybridized carbons (Fsp3) is 0.583. The van der Waals surface area contributed by atoms with Crippen molar-refractivity contribution in [3.63, 3.8) is 0 Å². The summed E-state index contributed by atoms with van der Waals surface area (Å²) in [5.74, 6) is -0.872. The van der Waals surface area contributed by atoms with Crippen LogP contribution in [0.25, 0.3) is 0 Å². The number of carbonyl (C=O) groups is 1. The van der Waals surface area contributed by atoms with Gasteiger partial charge in [0, 0.05) is 19.8 Å². The fourth-order valence-electron chi connectivity index (χ4n) is 1.53. The second-order valence-electron chi connectivity index (χ2n) is 4.64. The summed E-state index contributed by atoms with van der Waals surface area (Å²) in [7, 11) is 3.11. The standard InChI is InChI=1S/C12H18O3/c1-11(2,3)9-8-12(14-4,15-5)7-6-10(9)13/h6-8H,1-5H3. The summed E-state index contributed by atoms with van der Waals surface area (Å²) in [6.07, 6.45) is 4.88. The summed E-state index contributed by atoms with van der Waals surface area (Å²) in [4.78, 5) is 11.7. The molecule has 0 spiro atoms. The third kappa shape index (κ3) is 2.36. The van der Waals surface area contributed by atoms with E-state index >= 15 is 0 Å². The van der Waals surface area contributed by atoms with E-state index in [0.717, 1.165) is 0 Å². The van der Waals surface area contributed by atoms with Crippen molar-refractivity contribution in [3.05, 3.63) is 23.8 Å². The second kappa shape index (κ2) is 3.91. The first-order valence-corrected chi connectivity index (χ1v) is 4.92. The lowest BCUT2D eigenvalue weighted by atomic mass is 9.80. The van der Waals surface area contributed by atoms with Gasteiger partial charge in [-0.25, -0.2) is 0 Å². The molecule has 0 heterocycles. The zero-order valence-corrected chi connectivity index (χ0v) is 9.96. The van der Waals surface area contributed by atoms with Crippen LogP contribution in [0, 0.1) is 5.41 Å². The highest BCUT2D eigenvalue weighted by atomic mass is 16.7. The van der Waals surface area contributed by atoms with E-state index in [4.69, 9.17) is 9.47 Å². The van der Waals surface area contributed by atoms with Gasteiger partial charge in [-0.2, -0.15) is 0 Å². The second-order valence-corrected chi connectivity index (χ2v) is 4.64. The van der Waals surface area contributed by atoms with E-state index < -0.39 is 5.79 Å². The molecule has 0 saturated carbocycles. The fourth-order valence-corrected chi connectivity index (χ4v) is 1.53. The van der Waals surface area contributed by atoms with Crippen molar-refractivity contribution < 1.29 is 14.3 Å². The molecule has 0 N–H and O–H groups in total. The van der Waals surface area contributed by atoms with Crippen LogP contribution in [0.15, 0.2) is 23.8 Å². The highest BCUT2D eigenvalue weighted by Gasteiger charge is 2.34. The van der Waals surface area contributed by atoms with Crippen molar-refractivity contribution in [3.8, 4) is 0 Å². The van der Waals surface area contributed by atoms with Crippen molar-refractivity contribution in [1.82, 2.24) is 0 Å². The minimum absolute atomic E-state index is 0.0206. The Bertz CT molecular complexity index is 314. The topological polar surface area (TPSA) is 35.5 Å². The van der Waals surface area contributed by atoms with Crippen LogP contribution in [-0.2, 0) is 14.3 Å². The quantitative estimate of drug-likeness (QED) is 0.655. The van der Waals surface area contributed by atoms with Gasteiger partial charge >= 0.3 is 0 Å². The minimum Gasteiger partial charge on any atom is -0.346 e. The third-order valence-electron chi connectivity index (χ3n) is 2.52. The molecule has 0 aliphatic heterocycles. The summed E-state index contributed by atoms with van der Waals surface area (Å²) >= 11 is 0. The number of methoxy groups -OCH3 is 2. The molecule has 1 aliphatic rings. The molecule has 0 radical (unpaired) electrons. The average Bonchev–Trinajstić information content (AvgIpc) is 2.18. The Hall–Kier alpha value is -0.930. The SMILES string of the molecule is COC1(OC)C=CC(=O)C(C(C)(C)C)=C1. The lowest BCUT2D eigenvalue weighted by molar-refractivity contribution is -0.137. The molecular weight excluding hydrogens is 192 g/mol. The Balaban J connectivity index is 3.15. The molecular formula is C12H18O3. The molecule has 3 heteroatoms. The summed E-state index contributed by atoms with van der Waals surface area (Å²) in [6, 6.07) is 0. The smallest absolute Gasteiger partial charge is 0.208 e. The number of ether oxygens (including phenoxy) is 2. The zero-order valence-electron chi connectivity index (χ0n) is 9.96. The van der Waals surface area contributed by atoms with Gasteiger partial charge in [0.1, 0.15) is 0 Å². The third-order valence-corrected chi connectivity index (χ3v) is 2.52. The number of rotatable bonds is 2. The van der Waals surface area contributed by atoms with Gasteiger partial charge in [0.15, 0.2) is 5.78 Å². The molecule has 3 nitrogen and oxygen atoms in total. The maximum atomic E-state index is 11.7. The lowest BCUT2D eigenvalue weighted by Gasteiger charge is -2.31. The molecule has 0 amide bonds. The van der Waals surface area contributed by atoms with Gasteiger partial charge < -0.3 is 9.47 Å². The van der Waals surface area contributed by atoms with Gasteiger partial charge in [0.25, 0.3) is 0 Å². The van der Waals surface area contributed by atoms with Gasteiger partial charge in [-0.05, 0) is 23.6 Å². The molecule has 0 aromatic carbocycles. The van der Waals surface area contributed by atoms with Crippen LogP contribution >= 0.6 is 0 Å². The van der Waals surface area contributed by atoms with Crippen molar-refractivity contribution in [2.24, 2.45) is 5.41 Å². The average molecular weight is 210 g/mol. The van der Waals surface area contributed by atoms with Crippen LogP contribution in [0.2, 0.25) is 0 Å². The van der Waals surface area contributed by atoms with Crippen molar-refractivity contribution in [1.29, 1.82) is 0 Å². The van der Waals surface area contributed by atoms with Gasteiger partial charge in [-0.15, -0.1) is 0 Å². The minimum atomic E-state index is -0.892. The molecule has 0 aromatic heterocycles. The van der Waals surface area contributed by atoms with E-state index in [1.165, 1.54) is 6.08 Å². The Morgan fingerprint density at radius 3 is 2.13 bits per heavy atom. The van der Waals surface area contributed by atoms with E-state index in [2.05, 4.69) is 0 Å².